The lowest BCUT2D eigenvalue weighted by molar-refractivity contribution is -0.385. The van der Waals surface area contributed by atoms with Gasteiger partial charge in [-0.1, -0.05) is 0 Å². The van der Waals surface area contributed by atoms with Crippen molar-refractivity contribution in [1.82, 2.24) is 10.2 Å². The molecule has 2 rings (SSSR count). The Kier molecular flexibility index (Phi) is 3.86. The summed E-state index contributed by atoms with van der Waals surface area (Å²) in [5.41, 5.74) is 6.72. The molecule has 0 atom stereocenters. The minimum absolute atomic E-state index is 0.0756. The largest absolute Gasteiger partial charge is 0.421 e. The van der Waals surface area contributed by atoms with Crippen LogP contribution < -0.4 is 5.73 Å². The molecule has 1 aromatic carbocycles. The van der Waals surface area contributed by atoms with E-state index in [1.807, 2.05) is 0 Å². The lowest BCUT2D eigenvalue weighted by Gasteiger charge is -1.99. The molecule has 0 radical (unpaired) electrons. The summed E-state index contributed by atoms with van der Waals surface area (Å²) in [4.78, 5) is 10.3. The molecule has 1 aromatic heterocycles. The SMILES string of the molecule is Cc1cc(-c2nnc(CCCN)o2)ccc1[N+](=O)[O-]. The van der Waals surface area contributed by atoms with Gasteiger partial charge in [-0.2, -0.15) is 0 Å². The van der Waals surface area contributed by atoms with Crippen LogP contribution in [-0.4, -0.2) is 21.7 Å². The van der Waals surface area contributed by atoms with Crippen LogP contribution in [0.4, 0.5) is 5.69 Å². The molecule has 0 bridgehead atoms. The first kappa shape index (κ1) is 13.2. The van der Waals surface area contributed by atoms with Crippen molar-refractivity contribution in [2.75, 3.05) is 6.54 Å². The zero-order valence-electron chi connectivity index (χ0n) is 10.5. The standard InChI is InChI=1S/C12H14N4O3/c1-8-7-9(4-5-10(8)16(17)18)12-15-14-11(19-12)3-2-6-13/h4-5,7H,2-3,6,13H2,1H3. The number of aromatic nitrogens is 2. The topological polar surface area (TPSA) is 108 Å². The highest BCUT2D eigenvalue weighted by molar-refractivity contribution is 5.58. The zero-order chi connectivity index (χ0) is 13.8. The molecule has 0 amide bonds. The fraction of sp³-hybridized carbons (Fsp3) is 0.333. The van der Waals surface area contributed by atoms with Crippen molar-refractivity contribution in [3.63, 3.8) is 0 Å². The third-order valence-corrected chi connectivity index (χ3v) is 2.70. The minimum Gasteiger partial charge on any atom is -0.421 e. The molecule has 100 valence electrons. The molecular weight excluding hydrogens is 248 g/mol. The zero-order valence-corrected chi connectivity index (χ0v) is 10.5. The Hall–Kier alpha value is -2.28. The summed E-state index contributed by atoms with van der Waals surface area (Å²) in [5.74, 6) is 0.890. The molecule has 1 heterocycles. The maximum atomic E-state index is 10.7. The normalized spacial score (nSPS) is 10.6. The van der Waals surface area contributed by atoms with Gasteiger partial charge in [-0.05, 0) is 32.0 Å². The van der Waals surface area contributed by atoms with Crippen molar-refractivity contribution < 1.29 is 9.34 Å². The second-order valence-electron chi connectivity index (χ2n) is 4.15. The number of rotatable bonds is 5. The fourth-order valence-electron chi connectivity index (χ4n) is 1.72. The molecule has 2 aromatic rings. The summed E-state index contributed by atoms with van der Waals surface area (Å²) < 4.78 is 5.48. The average Bonchev–Trinajstić information content (AvgIpc) is 2.84. The predicted octanol–water partition coefficient (Wildman–Crippen LogP) is 1.84. The van der Waals surface area contributed by atoms with Crippen molar-refractivity contribution in [1.29, 1.82) is 0 Å². The van der Waals surface area contributed by atoms with E-state index in [1.54, 1.807) is 19.1 Å². The highest BCUT2D eigenvalue weighted by atomic mass is 16.6. The Balaban J connectivity index is 2.24. The van der Waals surface area contributed by atoms with Gasteiger partial charge < -0.3 is 10.2 Å². The maximum Gasteiger partial charge on any atom is 0.272 e. The number of hydrogen-bond acceptors (Lipinski definition) is 6. The Labute approximate surface area is 109 Å². The number of nitro groups is 1. The molecule has 0 aliphatic rings. The van der Waals surface area contributed by atoms with Crippen LogP contribution in [0.5, 0.6) is 0 Å². The Morgan fingerprint density at radius 2 is 2.21 bits per heavy atom. The molecule has 0 spiro atoms. The lowest BCUT2D eigenvalue weighted by atomic mass is 10.1. The summed E-state index contributed by atoms with van der Waals surface area (Å²) in [7, 11) is 0. The van der Waals surface area contributed by atoms with Crippen LogP contribution in [0.15, 0.2) is 22.6 Å². The Bertz CT molecular complexity index is 594. The first-order chi connectivity index (χ1) is 9.11. The van der Waals surface area contributed by atoms with Gasteiger partial charge in [0.25, 0.3) is 5.69 Å². The van der Waals surface area contributed by atoms with E-state index in [4.69, 9.17) is 10.2 Å². The first-order valence-electron chi connectivity index (χ1n) is 5.89. The van der Waals surface area contributed by atoms with Crippen LogP contribution in [0.2, 0.25) is 0 Å². The van der Waals surface area contributed by atoms with Gasteiger partial charge in [-0.25, -0.2) is 0 Å². The molecule has 2 N–H and O–H groups in total. The van der Waals surface area contributed by atoms with E-state index >= 15 is 0 Å². The van der Waals surface area contributed by atoms with E-state index in [0.717, 1.165) is 6.42 Å². The van der Waals surface area contributed by atoms with Crippen LogP contribution in [0.1, 0.15) is 17.9 Å². The van der Waals surface area contributed by atoms with E-state index in [1.165, 1.54) is 6.07 Å². The molecule has 0 unspecified atom stereocenters. The third kappa shape index (κ3) is 2.94. The van der Waals surface area contributed by atoms with Crippen molar-refractivity contribution in [3.8, 4) is 11.5 Å². The third-order valence-electron chi connectivity index (χ3n) is 2.70. The van der Waals surface area contributed by atoms with E-state index in [9.17, 15) is 10.1 Å². The molecular formula is C12H14N4O3. The van der Waals surface area contributed by atoms with E-state index in [-0.39, 0.29) is 5.69 Å². The summed E-state index contributed by atoms with van der Waals surface area (Å²) in [6.07, 6.45) is 1.41. The molecule has 7 nitrogen and oxygen atoms in total. The van der Waals surface area contributed by atoms with Gasteiger partial charge in [-0.3, -0.25) is 10.1 Å². The van der Waals surface area contributed by atoms with Gasteiger partial charge in [0.05, 0.1) is 4.92 Å². The minimum atomic E-state index is -0.417. The van der Waals surface area contributed by atoms with Gasteiger partial charge in [0, 0.05) is 23.6 Å². The second-order valence-corrected chi connectivity index (χ2v) is 4.15. The number of aryl methyl sites for hydroxylation is 2. The second kappa shape index (κ2) is 5.57. The van der Waals surface area contributed by atoms with Gasteiger partial charge in [0.1, 0.15) is 0 Å². The molecule has 0 aliphatic heterocycles. The Morgan fingerprint density at radius 1 is 1.42 bits per heavy atom. The van der Waals surface area contributed by atoms with Gasteiger partial charge in [0.2, 0.25) is 11.8 Å². The summed E-state index contributed by atoms with van der Waals surface area (Å²) >= 11 is 0. The number of nitrogens with two attached hydrogens (primary N) is 1. The van der Waals surface area contributed by atoms with Crippen LogP contribution >= 0.6 is 0 Å². The van der Waals surface area contributed by atoms with Crippen molar-refractivity contribution in [2.45, 2.75) is 19.8 Å². The number of benzene rings is 1. The number of nitro benzene ring substituents is 1. The summed E-state index contributed by atoms with van der Waals surface area (Å²) in [6.45, 7) is 2.24. The average molecular weight is 262 g/mol. The van der Waals surface area contributed by atoms with E-state index in [2.05, 4.69) is 10.2 Å². The van der Waals surface area contributed by atoms with E-state index < -0.39 is 4.92 Å². The van der Waals surface area contributed by atoms with Gasteiger partial charge in [-0.15, -0.1) is 10.2 Å². The molecule has 0 saturated heterocycles. The number of nitrogens with zero attached hydrogens (tertiary/aromatic N) is 3. The highest BCUT2D eigenvalue weighted by Gasteiger charge is 2.14. The lowest BCUT2D eigenvalue weighted by Crippen LogP contribution is -2.00. The van der Waals surface area contributed by atoms with Crippen molar-refractivity contribution in [3.05, 3.63) is 39.8 Å². The monoisotopic (exact) mass is 262 g/mol. The highest BCUT2D eigenvalue weighted by Crippen LogP contribution is 2.25. The number of hydrogen-bond donors (Lipinski definition) is 1. The smallest absolute Gasteiger partial charge is 0.272 e. The summed E-state index contributed by atoms with van der Waals surface area (Å²) in [6, 6.07) is 4.71. The van der Waals surface area contributed by atoms with Crippen LogP contribution in [0, 0.1) is 17.0 Å². The fourth-order valence-corrected chi connectivity index (χ4v) is 1.72. The van der Waals surface area contributed by atoms with Crippen molar-refractivity contribution >= 4 is 5.69 Å². The molecule has 0 fully saturated rings. The molecule has 19 heavy (non-hydrogen) atoms. The quantitative estimate of drug-likeness (QED) is 0.650. The Morgan fingerprint density at radius 3 is 2.84 bits per heavy atom. The maximum absolute atomic E-state index is 10.7. The predicted molar refractivity (Wildman–Crippen MR) is 68.5 cm³/mol. The van der Waals surface area contributed by atoms with Gasteiger partial charge >= 0.3 is 0 Å². The summed E-state index contributed by atoms with van der Waals surface area (Å²) in [5, 5.41) is 18.6. The van der Waals surface area contributed by atoms with Crippen LogP contribution in [0.3, 0.4) is 0 Å². The van der Waals surface area contributed by atoms with E-state index in [0.29, 0.717) is 35.9 Å². The van der Waals surface area contributed by atoms with Gasteiger partial charge in [0.15, 0.2) is 0 Å². The van der Waals surface area contributed by atoms with Crippen molar-refractivity contribution in [2.24, 2.45) is 5.73 Å². The molecule has 0 aliphatic carbocycles. The molecule has 0 saturated carbocycles. The molecule has 7 heteroatoms. The van der Waals surface area contributed by atoms with Crippen LogP contribution in [0.25, 0.3) is 11.5 Å². The first-order valence-corrected chi connectivity index (χ1v) is 5.89. The van der Waals surface area contributed by atoms with Crippen LogP contribution in [-0.2, 0) is 6.42 Å².